The Morgan fingerprint density at radius 1 is 1.09 bits per heavy atom. The molecule has 0 aromatic heterocycles. The van der Waals surface area contributed by atoms with Crippen LogP contribution >= 0.6 is 0 Å². The first kappa shape index (κ1) is 22.3. The SMILES string of the molecule is C=S(=O)(Cc1ccccc1)N1CCC(Oc2cc(CC(=O)O)cc3ccc(F)cc23)CC1. The number of piperidine rings is 1. The van der Waals surface area contributed by atoms with Crippen LogP contribution in [0, 0.1) is 5.82 Å². The maximum Gasteiger partial charge on any atom is 0.307 e. The lowest BCUT2D eigenvalue weighted by Crippen LogP contribution is -2.42. The highest BCUT2D eigenvalue weighted by atomic mass is 32.2. The standard InChI is InChI=1S/C25H26FNO4S/c1-32(30,17-18-5-3-2-4-6-18)27-11-9-22(10-12-27)31-24-14-19(15-25(28)29)13-20-7-8-21(26)16-23(20)24/h2-8,13-14,16,22H,1,9-12,15,17H2,(H,28,29). The van der Waals surface area contributed by atoms with Crippen LogP contribution < -0.4 is 4.74 Å². The Labute approximate surface area is 187 Å². The Bertz CT molecular complexity index is 1220. The van der Waals surface area contributed by atoms with Gasteiger partial charge in [-0.3, -0.25) is 9.00 Å². The van der Waals surface area contributed by atoms with E-state index in [-0.39, 0.29) is 18.3 Å². The molecule has 3 aromatic carbocycles. The van der Waals surface area contributed by atoms with Crippen LogP contribution in [0.25, 0.3) is 10.8 Å². The van der Waals surface area contributed by atoms with E-state index in [1.54, 1.807) is 18.2 Å². The van der Waals surface area contributed by atoms with E-state index in [2.05, 4.69) is 5.87 Å². The monoisotopic (exact) mass is 455 g/mol. The molecule has 0 radical (unpaired) electrons. The summed E-state index contributed by atoms with van der Waals surface area (Å²) in [5, 5.41) is 10.5. The molecular formula is C25H26FNO4S. The Morgan fingerprint density at radius 3 is 2.50 bits per heavy atom. The van der Waals surface area contributed by atoms with Gasteiger partial charge in [-0.1, -0.05) is 42.5 Å². The average Bonchev–Trinajstić information content (AvgIpc) is 2.74. The van der Waals surface area contributed by atoms with Crippen molar-refractivity contribution >= 4 is 32.3 Å². The maximum absolute atomic E-state index is 13.9. The third kappa shape index (κ3) is 5.29. The second-order valence-corrected chi connectivity index (χ2v) is 10.5. The van der Waals surface area contributed by atoms with Crippen LogP contribution in [0.2, 0.25) is 0 Å². The van der Waals surface area contributed by atoms with Crippen LogP contribution in [0.15, 0.2) is 60.7 Å². The largest absolute Gasteiger partial charge is 0.490 e. The molecule has 1 aliphatic heterocycles. The van der Waals surface area contributed by atoms with Crippen LogP contribution in [-0.4, -0.2) is 44.7 Å². The van der Waals surface area contributed by atoms with Crippen molar-refractivity contribution in [1.29, 1.82) is 0 Å². The molecular weight excluding hydrogens is 429 g/mol. The van der Waals surface area contributed by atoms with E-state index >= 15 is 0 Å². The zero-order valence-electron chi connectivity index (χ0n) is 17.7. The molecule has 32 heavy (non-hydrogen) atoms. The van der Waals surface area contributed by atoms with Gasteiger partial charge < -0.3 is 9.84 Å². The second kappa shape index (κ2) is 9.30. The van der Waals surface area contributed by atoms with Gasteiger partial charge >= 0.3 is 5.97 Å². The minimum absolute atomic E-state index is 0.134. The van der Waals surface area contributed by atoms with Gasteiger partial charge in [0, 0.05) is 28.2 Å². The number of aliphatic carboxylic acids is 1. The normalized spacial score (nSPS) is 17.2. The Hall–Kier alpha value is -2.90. The predicted octanol–water partition coefficient (Wildman–Crippen LogP) is 4.28. The first-order valence-corrected chi connectivity index (χ1v) is 12.4. The van der Waals surface area contributed by atoms with Crippen molar-refractivity contribution < 1.29 is 23.2 Å². The van der Waals surface area contributed by atoms with Gasteiger partial charge in [-0.2, -0.15) is 0 Å². The van der Waals surface area contributed by atoms with Gasteiger partial charge in [0.05, 0.1) is 12.2 Å². The fraction of sp³-hybridized carbons (Fsp3) is 0.280. The molecule has 0 spiro atoms. The summed E-state index contributed by atoms with van der Waals surface area (Å²) >= 11 is 0. The fourth-order valence-corrected chi connectivity index (χ4v) is 5.89. The molecule has 168 valence electrons. The highest BCUT2D eigenvalue weighted by Crippen LogP contribution is 2.31. The van der Waals surface area contributed by atoms with Crippen molar-refractivity contribution in [3.05, 3.63) is 77.6 Å². The van der Waals surface area contributed by atoms with Gasteiger partial charge in [0.1, 0.15) is 17.7 Å². The molecule has 1 unspecified atom stereocenters. The number of carboxylic acid groups (broad SMARTS) is 1. The number of hydrogen-bond donors (Lipinski definition) is 1. The highest BCUT2D eigenvalue weighted by Gasteiger charge is 2.26. The topological polar surface area (TPSA) is 66.8 Å². The van der Waals surface area contributed by atoms with Gasteiger partial charge in [0.2, 0.25) is 0 Å². The van der Waals surface area contributed by atoms with Crippen molar-refractivity contribution in [3.63, 3.8) is 0 Å². The molecule has 0 aliphatic carbocycles. The Balaban J connectivity index is 1.48. The predicted molar refractivity (Wildman–Crippen MR) is 126 cm³/mol. The van der Waals surface area contributed by atoms with E-state index in [4.69, 9.17) is 9.84 Å². The van der Waals surface area contributed by atoms with E-state index in [9.17, 15) is 13.4 Å². The molecule has 1 aliphatic rings. The third-order valence-electron chi connectivity index (χ3n) is 5.69. The summed E-state index contributed by atoms with van der Waals surface area (Å²) in [6, 6.07) is 17.5. The van der Waals surface area contributed by atoms with Gasteiger partial charge in [-0.15, -0.1) is 0 Å². The van der Waals surface area contributed by atoms with Gasteiger partial charge in [-0.25, -0.2) is 8.70 Å². The number of hydrogen-bond acceptors (Lipinski definition) is 3. The van der Waals surface area contributed by atoms with E-state index in [0.717, 1.165) is 10.9 Å². The molecule has 5 nitrogen and oxygen atoms in total. The van der Waals surface area contributed by atoms with Crippen LogP contribution in [0.3, 0.4) is 0 Å². The van der Waals surface area contributed by atoms with Crippen LogP contribution in [0.1, 0.15) is 24.0 Å². The number of ether oxygens (including phenoxy) is 1. The molecule has 0 saturated carbocycles. The molecule has 4 rings (SSSR count). The summed E-state index contributed by atoms with van der Waals surface area (Å²) in [4.78, 5) is 11.2. The number of halogens is 1. The minimum atomic E-state index is -2.43. The lowest BCUT2D eigenvalue weighted by molar-refractivity contribution is -0.136. The van der Waals surface area contributed by atoms with E-state index in [0.29, 0.717) is 48.4 Å². The van der Waals surface area contributed by atoms with Gasteiger partial charge in [-0.05, 0) is 53.4 Å². The molecule has 1 heterocycles. The number of rotatable bonds is 7. The molecule has 0 bridgehead atoms. The summed E-state index contributed by atoms with van der Waals surface area (Å²) in [6.45, 7) is 1.17. The molecule has 1 fully saturated rings. The number of benzene rings is 3. The molecule has 0 amide bonds. The smallest absolute Gasteiger partial charge is 0.307 e. The first-order valence-electron chi connectivity index (χ1n) is 10.5. The summed E-state index contributed by atoms with van der Waals surface area (Å²) in [5.74, 6) is 3.58. The number of nitrogens with zero attached hydrogens (tertiary/aromatic N) is 1. The van der Waals surface area contributed by atoms with Gasteiger partial charge in [0.25, 0.3) is 0 Å². The molecule has 1 atom stereocenters. The van der Waals surface area contributed by atoms with E-state index < -0.39 is 15.7 Å². The summed E-state index contributed by atoms with van der Waals surface area (Å²) < 4.78 is 35.2. The molecule has 1 saturated heterocycles. The average molecular weight is 456 g/mol. The lowest BCUT2D eigenvalue weighted by Gasteiger charge is -2.34. The van der Waals surface area contributed by atoms with Crippen LogP contribution in [0.4, 0.5) is 4.39 Å². The summed E-state index contributed by atoms with van der Waals surface area (Å²) in [5.41, 5.74) is 1.60. The molecule has 7 heteroatoms. The zero-order chi connectivity index (χ0) is 22.7. The second-order valence-electron chi connectivity index (χ2n) is 8.18. The number of carbonyl (C=O) groups is 1. The van der Waals surface area contributed by atoms with Crippen LogP contribution in [-0.2, 0) is 26.7 Å². The highest BCUT2D eigenvalue weighted by molar-refractivity contribution is 7.97. The number of carboxylic acids is 1. The van der Waals surface area contributed by atoms with Crippen molar-refractivity contribution in [2.24, 2.45) is 0 Å². The quantitative estimate of drug-likeness (QED) is 0.540. The number of fused-ring (bicyclic) bond motifs is 1. The first-order chi connectivity index (χ1) is 15.3. The van der Waals surface area contributed by atoms with Gasteiger partial charge in [0.15, 0.2) is 0 Å². The Morgan fingerprint density at radius 2 is 1.81 bits per heavy atom. The maximum atomic E-state index is 13.9. The van der Waals surface area contributed by atoms with Crippen molar-refractivity contribution in [3.8, 4) is 5.75 Å². The molecule has 3 aromatic rings. The van der Waals surface area contributed by atoms with E-state index in [1.807, 2.05) is 34.6 Å². The van der Waals surface area contributed by atoms with Crippen molar-refractivity contribution in [1.82, 2.24) is 4.31 Å². The van der Waals surface area contributed by atoms with E-state index in [1.165, 1.54) is 12.1 Å². The summed E-state index contributed by atoms with van der Waals surface area (Å²) in [7, 11) is -2.43. The lowest BCUT2D eigenvalue weighted by atomic mass is 10.0. The minimum Gasteiger partial charge on any atom is -0.490 e. The summed E-state index contributed by atoms with van der Waals surface area (Å²) in [6.07, 6.45) is 1.04. The third-order valence-corrected chi connectivity index (χ3v) is 7.78. The van der Waals surface area contributed by atoms with Crippen molar-refractivity contribution in [2.45, 2.75) is 31.1 Å². The molecule has 1 N–H and O–H groups in total. The van der Waals surface area contributed by atoms with Crippen molar-refractivity contribution in [2.75, 3.05) is 13.1 Å². The fourth-order valence-electron chi connectivity index (χ4n) is 4.12. The zero-order valence-corrected chi connectivity index (χ0v) is 18.5. The Kier molecular flexibility index (Phi) is 6.48. The van der Waals surface area contributed by atoms with Crippen LogP contribution in [0.5, 0.6) is 5.75 Å².